The number of nitrogens with zero attached hydrogens (tertiary/aromatic N) is 1. The number of halogens is 2. The smallest absolute Gasteiger partial charge is 0.287 e. The lowest BCUT2D eigenvalue weighted by molar-refractivity contribution is -0.385. The van der Waals surface area contributed by atoms with Gasteiger partial charge in [-0.3, -0.25) is 10.1 Å². The predicted octanol–water partition coefficient (Wildman–Crippen LogP) is 4.34. The van der Waals surface area contributed by atoms with Crippen molar-refractivity contribution in [2.24, 2.45) is 0 Å². The minimum atomic E-state index is -0.937. The molecular formula is C14H11BrFNO4. The number of nitro benzene ring substituents is 1. The van der Waals surface area contributed by atoms with Crippen LogP contribution in [0.2, 0.25) is 0 Å². The lowest BCUT2D eigenvalue weighted by Crippen LogP contribution is -2.00. The molecule has 0 heterocycles. The zero-order valence-corrected chi connectivity index (χ0v) is 12.5. The molecule has 0 bridgehead atoms. The molecule has 0 unspecified atom stereocenters. The van der Waals surface area contributed by atoms with Crippen molar-refractivity contribution in [1.82, 2.24) is 0 Å². The fourth-order valence-corrected chi connectivity index (χ4v) is 2.28. The standard InChI is InChI=1S/C14H11BrFNO4/c1-8(18)9-4-2-5-10(16)14(9)21-12-7-3-6-11(13(12)15)17(19)20/h2-8,18H,1H3/t8-/m1/s1. The number of hydrogen-bond donors (Lipinski definition) is 1. The van der Waals surface area contributed by atoms with E-state index in [2.05, 4.69) is 15.9 Å². The Morgan fingerprint density at radius 1 is 1.33 bits per heavy atom. The first-order valence-corrected chi connectivity index (χ1v) is 6.78. The van der Waals surface area contributed by atoms with Crippen LogP contribution in [-0.2, 0) is 0 Å². The Hall–Kier alpha value is -1.99. The minimum Gasteiger partial charge on any atom is -0.452 e. The zero-order chi connectivity index (χ0) is 15.6. The molecule has 5 nitrogen and oxygen atoms in total. The van der Waals surface area contributed by atoms with E-state index in [1.807, 2.05) is 0 Å². The summed E-state index contributed by atoms with van der Waals surface area (Å²) in [6, 6.07) is 8.36. The maximum Gasteiger partial charge on any atom is 0.287 e. The van der Waals surface area contributed by atoms with Crippen LogP contribution in [0.4, 0.5) is 10.1 Å². The van der Waals surface area contributed by atoms with Crippen LogP contribution in [0.1, 0.15) is 18.6 Å². The molecule has 21 heavy (non-hydrogen) atoms. The number of ether oxygens (including phenoxy) is 1. The van der Waals surface area contributed by atoms with E-state index in [0.717, 1.165) is 0 Å². The molecule has 0 aliphatic rings. The Kier molecular flexibility index (Phi) is 4.54. The van der Waals surface area contributed by atoms with Crippen molar-refractivity contribution in [1.29, 1.82) is 0 Å². The largest absolute Gasteiger partial charge is 0.452 e. The van der Waals surface area contributed by atoms with E-state index in [0.29, 0.717) is 0 Å². The second-order valence-electron chi connectivity index (χ2n) is 4.28. The second kappa shape index (κ2) is 6.19. The minimum absolute atomic E-state index is 0.0937. The molecule has 0 spiro atoms. The van der Waals surface area contributed by atoms with E-state index in [9.17, 15) is 19.6 Å². The third-order valence-corrected chi connectivity index (χ3v) is 3.60. The van der Waals surface area contributed by atoms with Crippen molar-refractivity contribution in [3.8, 4) is 11.5 Å². The van der Waals surface area contributed by atoms with Crippen molar-refractivity contribution in [2.45, 2.75) is 13.0 Å². The molecule has 2 aromatic rings. The van der Waals surface area contributed by atoms with Crippen LogP contribution < -0.4 is 4.74 Å². The van der Waals surface area contributed by atoms with E-state index in [4.69, 9.17) is 4.74 Å². The van der Waals surface area contributed by atoms with Crippen molar-refractivity contribution < 1.29 is 19.2 Å². The van der Waals surface area contributed by atoms with Gasteiger partial charge >= 0.3 is 0 Å². The SMILES string of the molecule is C[C@@H](O)c1cccc(F)c1Oc1cccc([N+](=O)[O-])c1Br. The third-order valence-electron chi connectivity index (χ3n) is 2.80. The van der Waals surface area contributed by atoms with Gasteiger partial charge in [0.1, 0.15) is 10.2 Å². The molecule has 0 aliphatic heterocycles. The van der Waals surface area contributed by atoms with E-state index in [1.54, 1.807) is 0 Å². The fourth-order valence-electron chi connectivity index (χ4n) is 1.79. The molecule has 0 saturated heterocycles. The number of benzene rings is 2. The van der Waals surface area contributed by atoms with Crippen molar-refractivity contribution in [2.75, 3.05) is 0 Å². The number of para-hydroxylation sites is 1. The second-order valence-corrected chi connectivity index (χ2v) is 5.08. The van der Waals surface area contributed by atoms with Gasteiger partial charge in [0, 0.05) is 11.6 Å². The van der Waals surface area contributed by atoms with Gasteiger partial charge in [0.25, 0.3) is 5.69 Å². The van der Waals surface area contributed by atoms with Gasteiger partial charge in [-0.25, -0.2) is 4.39 Å². The first kappa shape index (κ1) is 15.4. The van der Waals surface area contributed by atoms with Gasteiger partial charge < -0.3 is 9.84 Å². The van der Waals surface area contributed by atoms with Gasteiger partial charge in [0.2, 0.25) is 0 Å². The summed E-state index contributed by atoms with van der Waals surface area (Å²) in [6.07, 6.45) is -0.937. The van der Waals surface area contributed by atoms with Crippen LogP contribution in [0, 0.1) is 15.9 Å². The number of rotatable bonds is 4. The van der Waals surface area contributed by atoms with Gasteiger partial charge in [-0.05, 0) is 35.0 Å². The summed E-state index contributed by atoms with van der Waals surface area (Å²) in [7, 11) is 0. The quantitative estimate of drug-likeness (QED) is 0.653. The van der Waals surface area contributed by atoms with Gasteiger partial charge in [0.15, 0.2) is 11.6 Å². The average molecular weight is 356 g/mol. The Labute approximate surface area is 128 Å². The highest BCUT2D eigenvalue weighted by Crippen LogP contribution is 2.39. The topological polar surface area (TPSA) is 72.6 Å². The normalized spacial score (nSPS) is 12.0. The molecule has 110 valence electrons. The summed E-state index contributed by atoms with van der Waals surface area (Å²) in [5.41, 5.74) is 0.0656. The van der Waals surface area contributed by atoms with Crippen molar-refractivity contribution in [3.05, 3.63) is 62.4 Å². The number of nitro groups is 1. The lowest BCUT2D eigenvalue weighted by Gasteiger charge is -2.14. The summed E-state index contributed by atoms with van der Waals surface area (Å²) in [6.45, 7) is 1.48. The van der Waals surface area contributed by atoms with Crippen molar-refractivity contribution in [3.63, 3.8) is 0 Å². The highest BCUT2D eigenvalue weighted by atomic mass is 79.9. The molecule has 1 N–H and O–H groups in total. The molecule has 0 aliphatic carbocycles. The molecule has 2 aromatic carbocycles. The van der Waals surface area contributed by atoms with Gasteiger partial charge in [0.05, 0.1) is 11.0 Å². The summed E-state index contributed by atoms with van der Waals surface area (Å²) >= 11 is 3.07. The summed E-state index contributed by atoms with van der Waals surface area (Å²) < 4.78 is 19.4. The zero-order valence-electron chi connectivity index (χ0n) is 10.9. The highest BCUT2D eigenvalue weighted by molar-refractivity contribution is 9.10. The van der Waals surface area contributed by atoms with E-state index in [1.165, 1.54) is 43.3 Å². The molecule has 0 aromatic heterocycles. The summed E-state index contributed by atoms with van der Waals surface area (Å²) in [5, 5.41) is 20.5. The van der Waals surface area contributed by atoms with E-state index < -0.39 is 16.8 Å². The summed E-state index contributed by atoms with van der Waals surface area (Å²) in [5.74, 6) is -0.725. The molecule has 0 saturated carbocycles. The Bertz CT molecular complexity index is 691. The first-order chi connectivity index (χ1) is 9.91. The molecular weight excluding hydrogens is 345 g/mol. The molecule has 0 fully saturated rings. The van der Waals surface area contributed by atoms with Crippen LogP contribution in [-0.4, -0.2) is 10.0 Å². The maximum atomic E-state index is 13.9. The Balaban J connectivity index is 2.49. The number of hydrogen-bond acceptors (Lipinski definition) is 4. The lowest BCUT2D eigenvalue weighted by atomic mass is 10.1. The highest BCUT2D eigenvalue weighted by Gasteiger charge is 2.20. The molecule has 7 heteroatoms. The van der Waals surface area contributed by atoms with Crippen LogP contribution in [0.15, 0.2) is 40.9 Å². The number of aliphatic hydroxyl groups excluding tert-OH is 1. The van der Waals surface area contributed by atoms with E-state index >= 15 is 0 Å². The van der Waals surface area contributed by atoms with E-state index in [-0.39, 0.29) is 27.2 Å². The van der Waals surface area contributed by atoms with Crippen LogP contribution in [0.5, 0.6) is 11.5 Å². The molecule has 2 rings (SSSR count). The van der Waals surface area contributed by atoms with Gasteiger partial charge in [-0.1, -0.05) is 18.2 Å². The maximum absolute atomic E-state index is 13.9. The van der Waals surface area contributed by atoms with Gasteiger partial charge in [-0.15, -0.1) is 0 Å². The molecule has 0 radical (unpaired) electrons. The fraction of sp³-hybridized carbons (Fsp3) is 0.143. The summed E-state index contributed by atoms with van der Waals surface area (Å²) in [4.78, 5) is 10.3. The average Bonchev–Trinajstić information content (AvgIpc) is 2.42. The Morgan fingerprint density at radius 2 is 2.00 bits per heavy atom. The van der Waals surface area contributed by atoms with Crippen LogP contribution in [0.25, 0.3) is 0 Å². The van der Waals surface area contributed by atoms with Crippen LogP contribution >= 0.6 is 15.9 Å². The third kappa shape index (κ3) is 3.20. The van der Waals surface area contributed by atoms with Gasteiger partial charge in [-0.2, -0.15) is 0 Å². The Morgan fingerprint density at radius 3 is 2.62 bits per heavy atom. The number of aliphatic hydroxyl groups is 1. The molecule has 0 amide bonds. The van der Waals surface area contributed by atoms with Crippen molar-refractivity contribution >= 4 is 21.6 Å². The molecule has 1 atom stereocenters. The van der Waals surface area contributed by atoms with Crippen LogP contribution in [0.3, 0.4) is 0 Å². The monoisotopic (exact) mass is 355 g/mol. The predicted molar refractivity (Wildman–Crippen MR) is 77.9 cm³/mol. The first-order valence-electron chi connectivity index (χ1n) is 5.99.